The molecule has 3 aromatic rings. The Kier molecular flexibility index (Phi) is 7.67. The molecule has 0 saturated carbocycles. The van der Waals surface area contributed by atoms with Crippen molar-refractivity contribution in [3.05, 3.63) is 82.8 Å². The van der Waals surface area contributed by atoms with Gasteiger partial charge in [-0.15, -0.1) is 0 Å². The number of carbonyl (C=O) groups excluding carboxylic acids is 2. The number of nitrogens with one attached hydrogen (secondary N) is 2. The minimum atomic E-state index is -0.796. The number of ether oxygens (including phenoxy) is 2. The molecular weight excluding hydrogens is 460 g/mol. The maximum Gasteiger partial charge on any atom is 0.279 e. The highest BCUT2D eigenvalue weighted by molar-refractivity contribution is 9.10. The van der Waals surface area contributed by atoms with Gasteiger partial charge in [0, 0.05) is 0 Å². The Bertz CT molecular complexity index is 1040. The van der Waals surface area contributed by atoms with E-state index in [9.17, 15) is 9.59 Å². The van der Waals surface area contributed by atoms with Crippen molar-refractivity contribution in [1.29, 1.82) is 0 Å². The monoisotopic (exact) mass is 482 g/mol. The minimum absolute atomic E-state index is 0.238. The predicted octanol–water partition coefficient (Wildman–Crippen LogP) is 4.42. The highest BCUT2D eigenvalue weighted by Gasteiger charge is 2.16. The number of amides is 2. The molecule has 0 heterocycles. The predicted molar refractivity (Wildman–Crippen MR) is 123 cm³/mol. The van der Waals surface area contributed by atoms with Gasteiger partial charge < -0.3 is 9.47 Å². The SMILES string of the molecule is Cc1ccc(OCC(=O)NNC(=O)C(C)Oc2ccc(-c3ccccc3)cc2)c(Br)c1. The number of carbonyl (C=O) groups is 2. The summed E-state index contributed by atoms with van der Waals surface area (Å²) in [6.07, 6.45) is -0.796. The van der Waals surface area contributed by atoms with Gasteiger partial charge in [0.15, 0.2) is 12.7 Å². The van der Waals surface area contributed by atoms with Gasteiger partial charge in [-0.25, -0.2) is 0 Å². The third-order valence-electron chi connectivity index (χ3n) is 4.41. The van der Waals surface area contributed by atoms with Crippen LogP contribution >= 0.6 is 15.9 Å². The number of halogens is 1. The minimum Gasteiger partial charge on any atom is -0.483 e. The molecule has 2 amide bonds. The fourth-order valence-electron chi connectivity index (χ4n) is 2.75. The first-order valence-corrected chi connectivity index (χ1v) is 10.5. The first kappa shape index (κ1) is 22.4. The molecule has 0 bridgehead atoms. The van der Waals surface area contributed by atoms with E-state index in [0.29, 0.717) is 11.5 Å². The van der Waals surface area contributed by atoms with Crippen molar-refractivity contribution in [2.45, 2.75) is 20.0 Å². The van der Waals surface area contributed by atoms with Crippen LogP contribution in [0.3, 0.4) is 0 Å². The van der Waals surface area contributed by atoms with Crippen molar-refractivity contribution in [1.82, 2.24) is 10.9 Å². The van der Waals surface area contributed by atoms with Crippen molar-refractivity contribution in [3.8, 4) is 22.6 Å². The molecule has 0 radical (unpaired) electrons. The maximum atomic E-state index is 12.2. The molecule has 0 saturated heterocycles. The molecule has 0 spiro atoms. The van der Waals surface area contributed by atoms with Crippen molar-refractivity contribution in [3.63, 3.8) is 0 Å². The Labute approximate surface area is 189 Å². The second-order valence-corrected chi connectivity index (χ2v) is 7.76. The van der Waals surface area contributed by atoms with Gasteiger partial charge in [-0.05, 0) is 70.7 Å². The van der Waals surface area contributed by atoms with Crippen LogP contribution in [0.25, 0.3) is 11.1 Å². The first-order chi connectivity index (χ1) is 14.9. The van der Waals surface area contributed by atoms with Crippen LogP contribution in [0.15, 0.2) is 77.3 Å². The molecule has 31 heavy (non-hydrogen) atoms. The van der Waals surface area contributed by atoms with Gasteiger partial charge in [0.25, 0.3) is 11.8 Å². The van der Waals surface area contributed by atoms with E-state index in [1.807, 2.05) is 61.5 Å². The summed E-state index contributed by atoms with van der Waals surface area (Å²) in [5, 5.41) is 0. The molecular formula is C24H23BrN2O4. The standard InChI is InChI=1S/C24H23BrN2O4/c1-16-8-13-22(21(25)14-16)30-15-23(28)26-27-24(29)17(2)31-20-11-9-19(10-12-20)18-6-4-3-5-7-18/h3-14,17H,15H2,1-2H3,(H,26,28)(H,27,29). The Morgan fingerprint density at radius 1 is 0.935 bits per heavy atom. The Balaban J connectivity index is 1.44. The molecule has 0 aliphatic carbocycles. The normalized spacial score (nSPS) is 11.3. The van der Waals surface area contributed by atoms with Crippen LogP contribution in [0.5, 0.6) is 11.5 Å². The summed E-state index contributed by atoms with van der Waals surface area (Å²) in [4.78, 5) is 24.2. The third-order valence-corrected chi connectivity index (χ3v) is 5.03. The quantitative estimate of drug-likeness (QED) is 0.488. The summed E-state index contributed by atoms with van der Waals surface area (Å²) in [5.74, 6) is 0.140. The number of rotatable bonds is 7. The van der Waals surface area contributed by atoms with Gasteiger partial charge >= 0.3 is 0 Å². The molecule has 7 heteroatoms. The molecule has 1 unspecified atom stereocenters. The molecule has 3 rings (SSSR count). The van der Waals surface area contributed by atoms with E-state index in [4.69, 9.17) is 9.47 Å². The lowest BCUT2D eigenvalue weighted by Gasteiger charge is -2.16. The Hall–Kier alpha value is -3.32. The van der Waals surface area contributed by atoms with E-state index in [1.54, 1.807) is 25.1 Å². The second-order valence-electron chi connectivity index (χ2n) is 6.91. The van der Waals surface area contributed by atoms with Crippen molar-refractivity contribution >= 4 is 27.7 Å². The number of benzene rings is 3. The molecule has 0 fully saturated rings. The lowest BCUT2D eigenvalue weighted by molar-refractivity contribution is -0.133. The summed E-state index contributed by atoms with van der Waals surface area (Å²) in [6, 6.07) is 23.0. The van der Waals surface area contributed by atoms with E-state index < -0.39 is 17.9 Å². The van der Waals surface area contributed by atoms with Gasteiger partial charge in [-0.2, -0.15) is 0 Å². The fourth-order valence-corrected chi connectivity index (χ4v) is 3.36. The van der Waals surface area contributed by atoms with Crippen LogP contribution in [0, 0.1) is 6.92 Å². The van der Waals surface area contributed by atoms with E-state index >= 15 is 0 Å². The number of hydrazine groups is 1. The van der Waals surface area contributed by atoms with Gasteiger partial charge in [0.05, 0.1) is 4.47 Å². The zero-order valence-corrected chi connectivity index (χ0v) is 18.8. The van der Waals surface area contributed by atoms with E-state index in [0.717, 1.165) is 21.2 Å². The smallest absolute Gasteiger partial charge is 0.279 e. The van der Waals surface area contributed by atoms with Gasteiger partial charge in [0.1, 0.15) is 11.5 Å². The summed E-state index contributed by atoms with van der Waals surface area (Å²) < 4.78 is 11.9. The van der Waals surface area contributed by atoms with Crippen LogP contribution in [0.2, 0.25) is 0 Å². The van der Waals surface area contributed by atoms with Crippen LogP contribution in [-0.4, -0.2) is 24.5 Å². The number of hydrogen-bond donors (Lipinski definition) is 2. The highest BCUT2D eigenvalue weighted by atomic mass is 79.9. The maximum absolute atomic E-state index is 12.2. The van der Waals surface area contributed by atoms with Crippen LogP contribution in [-0.2, 0) is 9.59 Å². The Morgan fingerprint density at radius 3 is 2.29 bits per heavy atom. The van der Waals surface area contributed by atoms with Crippen LogP contribution in [0.1, 0.15) is 12.5 Å². The highest BCUT2D eigenvalue weighted by Crippen LogP contribution is 2.25. The average molecular weight is 483 g/mol. The van der Waals surface area contributed by atoms with E-state index in [2.05, 4.69) is 26.8 Å². The van der Waals surface area contributed by atoms with Crippen molar-refractivity contribution in [2.75, 3.05) is 6.61 Å². The lowest BCUT2D eigenvalue weighted by Crippen LogP contribution is -2.48. The van der Waals surface area contributed by atoms with Crippen molar-refractivity contribution in [2.24, 2.45) is 0 Å². The molecule has 1 atom stereocenters. The second kappa shape index (κ2) is 10.6. The molecule has 6 nitrogen and oxygen atoms in total. The zero-order chi connectivity index (χ0) is 22.2. The van der Waals surface area contributed by atoms with Gasteiger partial charge in [-0.1, -0.05) is 48.5 Å². The third kappa shape index (κ3) is 6.58. The molecule has 0 aliphatic heterocycles. The Morgan fingerprint density at radius 2 is 1.61 bits per heavy atom. The fraction of sp³-hybridized carbons (Fsp3) is 0.167. The topological polar surface area (TPSA) is 76.7 Å². The van der Waals surface area contributed by atoms with Crippen molar-refractivity contribution < 1.29 is 19.1 Å². The molecule has 0 aliphatic rings. The van der Waals surface area contributed by atoms with E-state index in [1.165, 1.54) is 0 Å². The largest absolute Gasteiger partial charge is 0.483 e. The summed E-state index contributed by atoms with van der Waals surface area (Å²) in [7, 11) is 0. The van der Waals surface area contributed by atoms with Gasteiger partial charge in [-0.3, -0.25) is 20.4 Å². The summed E-state index contributed by atoms with van der Waals surface area (Å²) in [6.45, 7) is 3.32. The average Bonchev–Trinajstić information content (AvgIpc) is 2.78. The van der Waals surface area contributed by atoms with Crippen LogP contribution < -0.4 is 20.3 Å². The van der Waals surface area contributed by atoms with Crippen LogP contribution in [0.4, 0.5) is 0 Å². The molecule has 2 N–H and O–H groups in total. The summed E-state index contributed by atoms with van der Waals surface area (Å²) >= 11 is 3.38. The number of hydrogen-bond acceptors (Lipinski definition) is 4. The first-order valence-electron chi connectivity index (χ1n) is 9.72. The van der Waals surface area contributed by atoms with E-state index in [-0.39, 0.29) is 6.61 Å². The molecule has 3 aromatic carbocycles. The zero-order valence-electron chi connectivity index (χ0n) is 17.2. The number of aryl methyl sites for hydroxylation is 1. The van der Waals surface area contributed by atoms with Gasteiger partial charge in [0.2, 0.25) is 0 Å². The summed E-state index contributed by atoms with van der Waals surface area (Å²) in [5.41, 5.74) is 7.89. The molecule has 160 valence electrons. The lowest BCUT2D eigenvalue weighted by atomic mass is 10.1. The molecule has 0 aromatic heterocycles.